The number of hydrogen-bond acceptors (Lipinski definition) is 4. The molecule has 1 aliphatic heterocycles. The Morgan fingerprint density at radius 2 is 2.26 bits per heavy atom. The normalized spacial score (nSPS) is 18.7. The van der Waals surface area contributed by atoms with Crippen LogP contribution in [0, 0.1) is 19.8 Å². The van der Waals surface area contributed by atoms with Crippen LogP contribution in [0.5, 0.6) is 0 Å². The summed E-state index contributed by atoms with van der Waals surface area (Å²) in [5.41, 5.74) is 1.68. The topological polar surface area (TPSA) is 72.2 Å². The van der Waals surface area contributed by atoms with Crippen molar-refractivity contribution in [2.75, 3.05) is 11.5 Å². The van der Waals surface area contributed by atoms with Gasteiger partial charge in [0.05, 0.1) is 6.42 Å². The third-order valence-electron chi connectivity index (χ3n) is 3.57. The van der Waals surface area contributed by atoms with E-state index >= 15 is 0 Å². The summed E-state index contributed by atoms with van der Waals surface area (Å²) in [6.45, 7) is 4.16. The molecule has 0 aromatic carbocycles. The van der Waals surface area contributed by atoms with Gasteiger partial charge in [0.15, 0.2) is 0 Å². The van der Waals surface area contributed by atoms with E-state index in [1.54, 1.807) is 11.5 Å². The van der Waals surface area contributed by atoms with Crippen LogP contribution in [0.3, 0.4) is 0 Å². The van der Waals surface area contributed by atoms with Crippen molar-refractivity contribution in [3.63, 3.8) is 0 Å². The molecule has 2 heterocycles. The molecule has 0 aliphatic carbocycles. The number of carboxylic acid groups (broad SMARTS) is 1. The van der Waals surface area contributed by atoms with E-state index in [-0.39, 0.29) is 12.1 Å². The largest absolute Gasteiger partial charge is 0.481 e. The van der Waals surface area contributed by atoms with Crippen molar-refractivity contribution in [2.24, 2.45) is 5.92 Å². The highest BCUT2D eigenvalue weighted by atomic mass is 32.2. The number of thioether (sulfide) groups is 1. The molecule has 6 heteroatoms. The summed E-state index contributed by atoms with van der Waals surface area (Å²) >= 11 is 1.90. The first kappa shape index (κ1) is 14.1. The van der Waals surface area contributed by atoms with Gasteiger partial charge in [0.2, 0.25) is 0 Å². The van der Waals surface area contributed by atoms with Gasteiger partial charge < -0.3 is 5.11 Å². The van der Waals surface area contributed by atoms with Gasteiger partial charge in [0.1, 0.15) is 0 Å². The standard InChI is InChI=1S/C13H18N2O3S/c1-8-11(5-12(16)17)9(2)15(13(18)14-8)6-10-3-4-19-7-10/h10H,3-7H2,1-2H3,(H,16,17). The van der Waals surface area contributed by atoms with Crippen LogP contribution >= 0.6 is 11.8 Å². The van der Waals surface area contributed by atoms with Crippen LogP contribution < -0.4 is 5.69 Å². The maximum absolute atomic E-state index is 12.0. The van der Waals surface area contributed by atoms with Gasteiger partial charge in [-0.25, -0.2) is 4.79 Å². The average molecular weight is 282 g/mol. The van der Waals surface area contributed by atoms with Crippen LogP contribution in [0.4, 0.5) is 0 Å². The van der Waals surface area contributed by atoms with E-state index in [4.69, 9.17) is 5.11 Å². The molecule has 1 aromatic heterocycles. The van der Waals surface area contributed by atoms with Crippen LogP contribution in [-0.2, 0) is 17.8 Å². The summed E-state index contributed by atoms with van der Waals surface area (Å²) in [6.07, 6.45) is 1.03. The molecule has 104 valence electrons. The molecule has 19 heavy (non-hydrogen) atoms. The van der Waals surface area contributed by atoms with Gasteiger partial charge in [-0.1, -0.05) is 0 Å². The zero-order valence-corrected chi connectivity index (χ0v) is 12.0. The number of hydrogen-bond donors (Lipinski definition) is 1. The number of aromatic nitrogens is 2. The highest BCUT2D eigenvalue weighted by Gasteiger charge is 2.20. The van der Waals surface area contributed by atoms with Crippen molar-refractivity contribution in [3.8, 4) is 0 Å². The SMILES string of the molecule is Cc1nc(=O)n(CC2CCSC2)c(C)c1CC(=O)O. The highest BCUT2D eigenvalue weighted by molar-refractivity contribution is 7.99. The number of aliphatic carboxylic acids is 1. The predicted molar refractivity (Wildman–Crippen MR) is 74.7 cm³/mol. The fourth-order valence-corrected chi connectivity index (χ4v) is 3.72. The highest BCUT2D eigenvalue weighted by Crippen LogP contribution is 2.25. The lowest BCUT2D eigenvalue weighted by Gasteiger charge is -2.17. The number of nitrogens with zero attached hydrogens (tertiary/aromatic N) is 2. The average Bonchev–Trinajstić information content (AvgIpc) is 2.82. The lowest BCUT2D eigenvalue weighted by molar-refractivity contribution is -0.136. The van der Waals surface area contributed by atoms with Crippen LogP contribution in [-0.4, -0.2) is 32.1 Å². The minimum atomic E-state index is -0.894. The molecule has 2 rings (SSSR count). The van der Waals surface area contributed by atoms with E-state index in [1.165, 1.54) is 0 Å². The van der Waals surface area contributed by atoms with E-state index in [0.29, 0.717) is 23.7 Å². The Balaban J connectivity index is 2.36. The van der Waals surface area contributed by atoms with Crippen LogP contribution in [0.2, 0.25) is 0 Å². The quantitative estimate of drug-likeness (QED) is 0.899. The van der Waals surface area contributed by atoms with Gasteiger partial charge in [-0.15, -0.1) is 0 Å². The summed E-state index contributed by atoms with van der Waals surface area (Å²) in [5, 5.41) is 8.94. The molecule has 1 saturated heterocycles. The fraction of sp³-hybridized carbons (Fsp3) is 0.615. The van der Waals surface area contributed by atoms with Crippen molar-refractivity contribution in [1.29, 1.82) is 0 Å². The Morgan fingerprint density at radius 3 is 2.84 bits per heavy atom. The summed E-state index contributed by atoms with van der Waals surface area (Å²) in [5.74, 6) is 1.80. The lowest BCUT2D eigenvalue weighted by atomic mass is 10.1. The van der Waals surface area contributed by atoms with Gasteiger partial charge >= 0.3 is 11.7 Å². The third-order valence-corrected chi connectivity index (χ3v) is 4.80. The number of aryl methyl sites for hydroxylation is 1. The van der Waals surface area contributed by atoms with E-state index in [9.17, 15) is 9.59 Å². The molecule has 0 bridgehead atoms. The van der Waals surface area contributed by atoms with Crippen molar-refractivity contribution in [2.45, 2.75) is 33.2 Å². The summed E-state index contributed by atoms with van der Waals surface area (Å²) < 4.78 is 1.64. The lowest BCUT2D eigenvalue weighted by Crippen LogP contribution is -2.31. The number of carbonyl (C=O) groups is 1. The summed E-state index contributed by atoms with van der Waals surface area (Å²) in [7, 11) is 0. The molecule has 1 unspecified atom stereocenters. The summed E-state index contributed by atoms with van der Waals surface area (Å²) in [6, 6.07) is 0. The second-order valence-electron chi connectivity index (χ2n) is 4.95. The summed E-state index contributed by atoms with van der Waals surface area (Å²) in [4.78, 5) is 26.8. The van der Waals surface area contributed by atoms with Crippen molar-refractivity contribution in [3.05, 3.63) is 27.4 Å². The van der Waals surface area contributed by atoms with Crippen molar-refractivity contribution in [1.82, 2.24) is 9.55 Å². The zero-order chi connectivity index (χ0) is 14.0. The number of rotatable bonds is 4. The predicted octanol–water partition coefficient (Wildman–Crippen LogP) is 1.24. The maximum Gasteiger partial charge on any atom is 0.347 e. The van der Waals surface area contributed by atoms with Crippen LogP contribution in [0.25, 0.3) is 0 Å². The molecule has 1 aliphatic rings. The molecule has 0 radical (unpaired) electrons. The van der Waals surface area contributed by atoms with Gasteiger partial charge in [-0.05, 0) is 37.7 Å². The third kappa shape index (κ3) is 3.18. The molecule has 1 atom stereocenters. The van der Waals surface area contributed by atoms with Crippen LogP contribution in [0.1, 0.15) is 23.4 Å². The van der Waals surface area contributed by atoms with Gasteiger partial charge in [-0.3, -0.25) is 9.36 Å². The fourth-order valence-electron chi connectivity index (χ4n) is 2.45. The van der Waals surface area contributed by atoms with E-state index in [1.807, 2.05) is 18.7 Å². The smallest absolute Gasteiger partial charge is 0.347 e. The molecular weight excluding hydrogens is 264 g/mol. The van der Waals surface area contributed by atoms with Crippen LogP contribution in [0.15, 0.2) is 4.79 Å². The monoisotopic (exact) mass is 282 g/mol. The molecular formula is C13H18N2O3S. The van der Waals surface area contributed by atoms with Crippen molar-refractivity contribution >= 4 is 17.7 Å². The zero-order valence-electron chi connectivity index (χ0n) is 11.2. The van der Waals surface area contributed by atoms with E-state index < -0.39 is 5.97 Å². The second-order valence-corrected chi connectivity index (χ2v) is 6.10. The Morgan fingerprint density at radius 1 is 1.53 bits per heavy atom. The molecule has 1 aromatic rings. The molecule has 5 nitrogen and oxygen atoms in total. The van der Waals surface area contributed by atoms with Crippen molar-refractivity contribution < 1.29 is 9.90 Å². The van der Waals surface area contributed by atoms with E-state index in [0.717, 1.165) is 23.6 Å². The molecule has 1 N–H and O–H groups in total. The van der Waals surface area contributed by atoms with Gasteiger partial charge in [0.25, 0.3) is 0 Å². The number of carboxylic acids is 1. The van der Waals surface area contributed by atoms with Gasteiger partial charge in [-0.2, -0.15) is 16.7 Å². The Bertz CT molecular complexity index is 548. The van der Waals surface area contributed by atoms with E-state index in [2.05, 4.69) is 4.98 Å². The first-order chi connectivity index (χ1) is 8.99. The molecule has 0 spiro atoms. The maximum atomic E-state index is 12.0. The molecule has 0 saturated carbocycles. The second kappa shape index (κ2) is 5.77. The first-order valence-electron chi connectivity index (χ1n) is 6.35. The Hall–Kier alpha value is -1.30. The first-order valence-corrected chi connectivity index (χ1v) is 7.51. The van der Waals surface area contributed by atoms with Gasteiger partial charge in [0, 0.05) is 23.5 Å². The molecule has 0 amide bonds. The minimum absolute atomic E-state index is 0.0790. The molecule has 1 fully saturated rings. The minimum Gasteiger partial charge on any atom is -0.481 e. The Kier molecular flexibility index (Phi) is 4.29. The Labute approximate surface area is 116 Å².